The molecule has 7 heteroatoms. The Bertz CT molecular complexity index is 391. The van der Waals surface area contributed by atoms with Crippen LogP contribution in [0.3, 0.4) is 0 Å². The van der Waals surface area contributed by atoms with E-state index in [9.17, 15) is 0 Å². The van der Waals surface area contributed by atoms with E-state index in [0.717, 1.165) is 12.8 Å². The monoisotopic (exact) mass is 222 g/mol. The first-order valence-electron chi connectivity index (χ1n) is 5.21. The molecular formula is C9H14N6O. The van der Waals surface area contributed by atoms with Crippen LogP contribution in [0.4, 0.5) is 0 Å². The Kier molecular flexibility index (Phi) is 2.84. The zero-order valence-corrected chi connectivity index (χ0v) is 8.77. The molecule has 1 aliphatic carbocycles. The van der Waals surface area contributed by atoms with Gasteiger partial charge in [0.2, 0.25) is 5.84 Å². The Morgan fingerprint density at radius 1 is 1.38 bits per heavy atom. The van der Waals surface area contributed by atoms with E-state index in [1.165, 1.54) is 12.8 Å². The van der Waals surface area contributed by atoms with E-state index in [1.54, 1.807) is 0 Å². The summed E-state index contributed by atoms with van der Waals surface area (Å²) in [7, 11) is 0. The van der Waals surface area contributed by atoms with Gasteiger partial charge in [-0.3, -0.25) is 5.41 Å². The molecule has 0 aromatic rings. The van der Waals surface area contributed by atoms with Crippen molar-refractivity contribution in [3.63, 3.8) is 0 Å². The van der Waals surface area contributed by atoms with Crippen molar-refractivity contribution in [1.82, 2.24) is 5.32 Å². The van der Waals surface area contributed by atoms with Crippen molar-refractivity contribution >= 4 is 23.3 Å². The number of aliphatic imine (C=N–C) groups is 2. The average molecular weight is 222 g/mol. The highest BCUT2D eigenvalue weighted by Crippen LogP contribution is 2.17. The van der Waals surface area contributed by atoms with E-state index in [1.807, 2.05) is 0 Å². The zero-order valence-electron chi connectivity index (χ0n) is 8.77. The van der Waals surface area contributed by atoms with Crippen molar-refractivity contribution in [2.45, 2.75) is 31.7 Å². The fourth-order valence-electron chi connectivity index (χ4n) is 1.88. The van der Waals surface area contributed by atoms with Crippen LogP contribution >= 0.6 is 0 Å². The fraction of sp³-hybridized carbons (Fsp3) is 0.556. The van der Waals surface area contributed by atoms with Crippen molar-refractivity contribution in [1.29, 1.82) is 5.41 Å². The Hall–Kier alpha value is -1.92. The van der Waals surface area contributed by atoms with Crippen LogP contribution in [-0.4, -0.2) is 34.6 Å². The van der Waals surface area contributed by atoms with Crippen molar-refractivity contribution < 1.29 is 5.21 Å². The molecule has 0 amide bonds. The Balaban J connectivity index is 2.10. The molecule has 16 heavy (non-hydrogen) atoms. The summed E-state index contributed by atoms with van der Waals surface area (Å²) in [6, 6.07) is 0.355. The van der Waals surface area contributed by atoms with E-state index in [4.69, 9.17) is 16.4 Å². The van der Waals surface area contributed by atoms with Gasteiger partial charge in [0.1, 0.15) is 0 Å². The van der Waals surface area contributed by atoms with E-state index in [2.05, 4.69) is 20.5 Å². The molecule has 0 bridgehead atoms. The summed E-state index contributed by atoms with van der Waals surface area (Å²) in [5.41, 5.74) is 5.65. The second kappa shape index (κ2) is 4.30. The number of nitrogens with one attached hydrogen (secondary N) is 2. The van der Waals surface area contributed by atoms with Crippen molar-refractivity contribution in [3.8, 4) is 0 Å². The number of nitrogens with zero attached hydrogens (tertiary/aromatic N) is 3. The van der Waals surface area contributed by atoms with E-state index in [-0.39, 0.29) is 17.5 Å². The van der Waals surface area contributed by atoms with Gasteiger partial charge in [0.15, 0.2) is 17.5 Å². The lowest BCUT2D eigenvalue weighted by Crippen LogP contribution is -2.45. The van der Waals surface area contributed by atoms with Gasteiger partial charge in [-0.1, -0.05) is 18.0 Å². The number of oxime groups is 1. The first kappa shape index (κ1) is 10.6. The lowest BCUT2D eigenvalue weighted by Gasteiger charge is -2.17. The van der Waals surface area contributed by atoms with Gasteiger partial charge in [-0.15, -0.1) is 0 Å². The van der Waals surface area contributed by atoms with Gasteiger partial charge in [0.25, 0.3) is 0 Å². The molecule has 0 unspecified atom stereocenters. The van der Waals surface area contributed by atoms with Crippen LogP contribution in [0.5, 0.6) is 0 Å². The minimum Gasteiger partial charge on any atom is -0.409 e. The molecule has 7 nitrogen and oxygen atoms in total. The number of hydrogen-bond donors (Lipinski definition) is 4. The highest BCUT2D eigenvalue weighted by atomic mass is 16.4. The first-order chi connectivity index (χ1) is 7.70. The third-order valence-corrected chi connectivity index (χ3v) is 2.70. The largest absolute Gasteiger partial charge is 0.409 e. The molecule has 0 spiro atoms. The van der Waals surface area contributed by atoms with Crippen molar-refractivity contribution in [3.05, 3.63) is 0 Å². The fourth-order valence-corrected chi connectivity index (χ4v) is 1.88. The summed E-state index contributed by atoms with van der Waals surface area (Å²) < 4.78 is 0. The van der Waals surface area contributed by atoms with Crippen LogP contribution in [0.15, 0.2) is 15.1 Å². The molecule has 1 heterocycles. The Morgan fingerprint density at radius 3 is 2.69 bits per heavy atom. The summed E-state index contributed by atoms with van der Waals surface area (Å²) in [6.45, 7) is 0. The van der Waals surface area contributed by atoms with Gasteiger partial charge in [-0.05, 0) is 12.8 Å². The van der Waals surface area contributed by atoms with Crippen LogP contribution < -0.4 is 11.1 Å². The third-order valence-electron chi connectivity index (χ3n) is 2.70. The van der Waals surface area contributed by atoms with Gasteiger partial charge < -0.3 is 16.3 Å². The van der Waals surface area contributed by atoms with Gasteiger partial charge >= 0.3 is 0 Å². The molecule has 0 aromatic heterocycles. The maximum atomic E-state index is 8.54. The molecule has 2 aliphatic rings. The predicted molar refractivity (Wildman–Crippen MR) is 61.4 cm³/mol. The predicted octanol–water partition coefficient (Wildman–Crippen LogP) is 0.0529. The topological polar surface area (TPSA) is 119 Å². The van der Waals surface area contributed by atoms with E-state index < -0.39 is 0 Å². The first-order valence-corrected chi connectivity index (χ1v) is 5.21. The van der Waals surface area contributed by atoms with Gasteiger partial charge in [-0.25, -0.2) is 9.98 Å². The second-order valence-corrected chi connectivity index (χ2v) is 3.86. The van der Waals surface area contributed by atoms with Gasteiger partial charge in [0, 0.05) is 6.04 Å². The minimum atomic E-state index is -0.183. The van der Waals surface area contributed by atoms with E-state index >= 15 is 0 Å². The third kappa shape index (κ3) is 2.02. The average Bonchev–Trinajstić information content (AvgIpc) is 2.75. The molecule has 1 saturated carbocycles. The minimum absolute atomic E-state index is 0.158. The standard InChI is InChI=1S/C9H14N6O/c10-6-8(12-5-3-1-2-4-5)13-7(11)9(14-6)15-16/h5,16H,1-4H2,(H2,10,14,15)(H2,11,12,13). The molecule has 2 rings (SSSR count). The summed E-state index contributed by atoms with van der Waals surface area (Å²) >= 11 is 0. The zero-order chi connectivity index (χ0) is 11.5. The molecular weight excluding hydrogens is 208 g/mol. The number of rotatable bonds is 1. The number of hydrogen-bond acceptors (Lipinski definition) is 5. The van der Waals surface area contributed by atoms with Gasteiger partial charge in [0.05, 0.1) is 0 Å². The lowest BCUT2D eigenvalue weighted by atomic mass is 10.2. The summed E-state index contributed by atoms with van der Waals surface area (Å²) in [6.07, 6.45) is 4.56. The quantitative estimate of drug-likeness (QED) is 0.370. The molecule has 1 aliphatic heterocycles. The van der Waals surface area contributed by atoms with Crippen molar-refractivity contribution in [2.75, 3.05) is 0 Å². The molecule has 86 valence electrons. The molecule has 0 atom stereocenters. The smallest absolute Gasteiger partial charge is 0.237 e. The normalized spacial score (nSPS) is 24.5. The summed E-state index contributed by atoms with van der Waals surface area (Å²) in [4.78, 5) is 7.70. The number of amidine groups is 4. The van der Waals surface area contributed by atoms with Crippen LogP contribution in [0, 0.1) is 5.41 Å². The van der Waals surface area contributed by atoms with Crippen LogP contribution in [0.25, 0.3) is 0 Å². The van der Waals surface area contributed by atoms with Crippen LogP contribution in [-0.2, 0) is 0 Å². The SMILES string of the molecule is N=C1N=C(NC2CCCC2)C(N)=N/C1=N/O. The second-order valence-electron chi connectivity index (χ2n) is 3.86. The van der Waals surface area contributed by atoms with Crippen LogP contribution in [0.1, 0.15) is 25.7 Å². The lowest BCUT2D eigenvalue weighted by molar-refractivity contribution is 0.319. The molecule has 0 aromatic carbocycles. The molecule has 5 N–H and O–H groups in total. The highest BCUT2D eigenvalue weighted by Gasteiger charge is 2.22. The van der Waals surface area contributed by atoms with Gasteiger partial charge in [-0.2, -0.15) is 0 Å². The maximum Gasteiger partial charge on any atom is 0.237 e. The van der Waals surface area contributed by atoms with E-state index in [0.29, 0.717) is 11.9 Å². The Labute approximate surface area is 92.7 Å². The molecule has 0 saturated heterocycles. The molecule has 1 fully saturated rings. The van der Waals surface area contributed by atoms with Crippen molar-refractivity contribution in [2.24, 2.45) is 20.9 Å². The summed E-state index contributed by atoms with van der Waals surface area (Å²) in [5.74, 6) is 0.228. The highest BCUT2D eigenvalue weighted by molar-refractivity contribution is 6.54. The number of nitrogens with two attached hydrogens (primary N) is 1. The molecule has 0 radical (unpaired) electrons. The Morgan fingerprint density at radius 2 is 2.06 bits per heavy atom. The van der Waals surface area contributed by atoms with Crippen LogP contribution in [0.2, 0.25) is 0 Å². The summed E-state index contributed by atoms with van der Waals surface area (Å²) in [5, 5.41) is 22.0. The maximum absolute atomic E-state index is 8.54.